The van der Waals surface area contributed by atoms with Crippen LogP contribution in [-0.2, 0) is 5.41 Å². The molecule has 3 nitrogen and oxygen atoms in total. The minimum Gasteiger partial charge on any atom is -0.340 e. The summed E-state index contributed by atoms with van der Waals surface area (Å²) < 4.78 is 0. The average molecular weight is 304 g/mol. The molecule has 0 radical (unpaired) electrons. The monoisotopic (exact) mass is 303 g/mol. The lowest BCUT2D eigenvalue weighted by molar-refractivity contribution is 0.545. The van der Waals surface area contributed by atoms with E-state index in [1.165, 1.54) is 11.1 Å². The van der Waals surface area contributed by atoms with E-state index in [0.717, 1.165) is 22.9 Å². The maximum absolute atomic E-state index is 6.27. The molecule has 0 aliphatic carbocycles. The van der Waals surface area contributed by atoms with Crippen molar-refractivity contribution in [1.29, 1.82) is 0 Å². The summed E-state index contributed by atoms with van der Waals surface area (Å²) in [5.41, 5.74) is 4.19. The van der Waals surface area contributed by atoms with Gasteiger partial charge in [-0.2, -0.15) is 0 Å². The van der Waals surface area contributed by atoms with Gasteiger partial charge in [-0.25, -0.2) is 9.97 Å². The zero-order valence-electron chi connectivity index (χ0n) is 13.5. The quantitative estimate of drug-likeness (QED) is 0.785. The Balaban J connectivity index is 2.46. The topological polar surface area (TPSA) is 37.8 Å². The molecule has 0 amide bonds. The van der Waals surface area contributed by atoms with Crippen LogP contribution in [0.4, 0.5) is 11.5 Å². The van der Waals surface area contributed by atoms with E-state index in [4.69, 9.17) is 11.6 Å². The van der Waals surface area contributed by atoms with Crippen molar-refractivity contribution >= 4 is 23.1 Å². The number of anilines is 2. The van der Waals surface area contributed by atoms with Gasteiger partial charge in [-0.3, -0.25) is 0 Å². The van der Waals surface area contributed by atoms with Gasteiger partial charge in [0.25, 0.3) is 0 Å². The van der Waals surface area contributed by atoms with Gasteiger partial charge in [0, 0.05) is 16.7 Å². The van der Waals surface area contributed by atoms with E-state index >= 15 is 0 Å². The number of hydrogen-bond donors (Lipinski definition) is 1. The van der Waals surface area contributed by atoms with E-state index in [0.29, 0.717) is 5.15 Å². The van der Waals surface area contributed by atoms with Crippen molar-refractivity contribution in [2.45, 2.75) is 47.0 Å². The maximum Gasteiger partial charge on any atom is 0.138 e. The van der Waals surface area contributed by atoms with Gasteiger partial charge >= 0.3 is 0 Å². The van der Waals surface area contributed by atoms with E-state index < -0.39 is 0 Å². The van der Waals surface area contributed by atoms with Gasteiger partial charge in [0.2, 0.25) is 0 Å². The highest BCUT2D eigenvalue weighted by Gasteiger charge is 2.20. The predicted molar refractivity (Wildman–Crippen MR) is 89.7 cm³/mol. The Morgan fingerprint density at radius 1 is 1.05 bits per heavy atom. The number of aromatic nitrogens is 2. The number of halogens is 1. The van der Waals surface area contributed by atoms with Crippen LogP contribution in [0.25, 0.3) is 0 Å². The first-order valence-electron chi connectivity index (χ1n) is 7.07. The molecule has 0 spiro atoms. The first-order valence-corrected chi connectivity index (χ1v) is 7.45. The molecule has 4 heteroatoms. The summed E-state index contributed by atoms with van der Waals surface area (Å²) >= 11 is 6.27. The van der Waals surface area contributed by atoms with Crippen molar-refractivity contribution in [3.8, 4) is 0 Å². The van der Waals surface area contributed by atoms with Crippen LogP contribution in [0.2, 0.25) is 5.15 Å². The second-order valence-electron chi connectivity index (χ2n) is 6.51. The standard InChI is InChI=1S/C17H22ClN3/c1-10-7-8-13(11(2)9-10)19-15-12(3)14(18)20-16(21-15)17(4,5)6/h7-9H,1-6H3,(H,19,20,21). The molecule has 2 rings (SSSR count). The van der Waals surface area contributed by atoms with Crippen LogP contribution < -0.4 is 5.32 Å². The first-order chi connectivity index (χ1) is 9.68. The molecule has 0 unspecified atom stereocenters. The van der Waals surface area contributed by atoms with E-state index in [1.807, 2.05) is 6.92 Å². The largest absolute Gasteiger partial charge is 0.340 e. The van der Waals surface area contributed by atoms with Crippen LogP contribution in [0.5, 0.6) is 0 Å². The maximum atomic E-state index is 6.27. The van der Waals surface area contributed by atoms with Gasteiger partial charge < -0.3 is 5.32 Å². The SMILES string of the molecule is Cc1ccc(Nc2nc(C(C)(C)C)nc(Cl)c2C)c(C)c1. The summed E-state index contributed by atoms with van der Waals surface area (Å²) in [6.45, 7) is 12.3. The number of aryl methyl sites for hydroxylation is 2. The minimum atomic E-state index is -0.143. The molecule has 1 aromatic carbocycles. The lowest BCUT2D eigenvalue weighted by Gasteiger charge is -2.20. The van der Waals surface area contributed by atoms with Crippen molar-refractivity contribution in [3.63, 3.8) is 0 Å². The predicted octanol–water partition coefficient (Wildman–Crippen LogP) is 5.10. The molecule has 0 aliphatic rings. The Bertz CT molecular complexity index is 672. The fraction of sp³-hybridized carbons (Fsp3) is 0.412. The van der Waals surface area contributed by atoms with Crippen molar-refractivity contribution in [3.05, 3.63) is 45.9 Å². The van der Waals surface area contributed by atoms with Gasteiger partial charge in [0.1, 0.15) is 16.8 Å². The summed E-state index contributed by atoms with van der Waals surface area (Å²) in [5.74, 6) is 1.51. The third-order valence-electron chi connectivity index (χ3n) is 3.39. The molecule has 0 bridgehead atoms. The zero-order valence-corrected chi connectivity index (χ0v) is 14.3. The van der Waals surface area contributed by atoms with Gasteiger partial charge in [0.05, 0.1) is 0 Å². The molecule has 1 heterocycles. The molecule has 0 atom stereocenters. The number of nitrogens with one attached hydrogen (secondary N) is 1. The van der Waals surface area contributed by atoms with E-state index in [9.17, 15) is 0 Å². The third kappa shape index (κ3) is 3.53. The summed E-state index contributed by atoms with van der Waals surface area (Å²) in [6, 6.07) is 6.29. The number of hydrogen-bond acceptors (Lipinski definition) is 3. The molecule has 112 valence electrons. The average Bonchev–Trinajstić information content (AvgIpc) is 2.36. The zero-order chi connectivity index (χ0) is 15.8. The summed E-state index contributed by atoms with van der Waals surface area (Å²) in [6.07, 6.45) is 0. The van der Waals surface area contributed by atoms with Crippen LogP contribution in [-0.4, -0.2) is 9.97 Å². The molecule has 0 saturated heterocycles. The summed E-state index contributed by atoms with van der Waals surface area (Å²) in [7, 11) is 0. The van der Waals surface area contributed by atoms with Gasteiger partial charge in [-0.1, -0.05) is 50.1 Å². The molecular formula is C17H22ClN3. The molecule has 1 N–H and O–H groups in total. The molecule has 21 heavy (non-hydrogen) atoms. The van der Waals surface area contributed by atoms with Crippen molar-refractivity contribution in [1.82, 2.24) is 9.97 Å². The Morgan fingerprint density at radius 2 is 1.71 bits per heavy atom. The van der Waals surface area contributed by atoms with Crippen LogP contribution in [0.3, 0.4) is 0 Å². The van der Waals surface area contributed by atoms with E-state index in [1.54, 1.807) is 0 Å². The Kier molecular flexibility index (Phi) is 4.24. The Hall–Kier alpha value is -1.61. The van der Waals surface area contributed by atoms with Gasteiger partial charge in [-0.15, -0.1) is 0 Å². The molecule has 0 saturated carbocycles. The fourth-order valence-electron chi connectivity index (χ4n) is 2.03. The molecule has 0 fully saturated rings. The second kappa shape index (κ2) is 5.64. The van der Waals surface area contributed by atoms with E-state index in [2.05, 4.69) is 68.1 Å². The summed E-state index contributed by atoms with van der Waals surface area (Å²) in [5, 5.41) is 3.89. The highest BCUT2D eigenvalue weighted by atomic mass is 35.5. The van der Waals surface area contributed by atoms with Crippen molar-refractivity contribution in [2.24, 2.45) is 0 Å². The minimum absolute atomic E-state index is 0.143. The molecular weight excluding hydrogens is 282 g/mol. The van der Waals surface area contributed by atoms with Crippen LogP contribution in [0.1, 0.15) is 43.3 Å². The van der Waals surface area contributed by atoms with Crippen molar-refractivity contribution < 1.29 is 0 Å². The molecule has 2 aromatic rings. The fourth-order valence-corrected chi connectivity index (χ4v) is 2.20. The Labute approximate surface area is 131 Å². The van der Waals surface area contributed by atoms with Gasteiger partial charge in [-0.05, 0) is 32.4 Å². The van der Waals surface area contributed by atoms with Crippen LogP contribution in [0.15, 0.2) is 18.2 Å². The normalized spacial score (nSPS) is 11.6. The molecule has 1 aromatic heterocycles. The van der Waals surface area contributed by atoms with Crippen LogP contribution in [0, 0.1) is 20.8 Å². The summed E-state index contributed by atoms with van der Waals surface area (Å²) in [4.78, 5) is 9.05. The number of rotatable bonds is 2. The highest BCUT2D eigenvalue weighted by molar-refractivity contribution is 6.30. The third-order valence-corrected chi connectivity index (χ3v) is 3.76. The second-order valence-corrected chi connectivity index (χ2v) is 6.86. The first kappa shape index (κ1) is 15.8. The van der Waals surface area contributed by atoms with Gasteiger partial charge in [0.15, 0.2) is 0 Å². The lowest BCUT2D eigenvalue weighted by Crippen LogP contribution is -2.17. The number of nitrogens with zero attached hydrogens (tertiary/aromatic N) is 2. The smallest absolute Gasteiger partial charge is 0.138 e. The molecule has 0 aliphatic heterocycles. The lowest BCUT2D eigenvalue weighted by atomic mass is 9.95. The Morgan fingerprint density at radius 3 is 2.29 bits per heavy atom. The highest BCUT2D eigenvalue weighted by Crippen LogP contribution is 2.29. The number of benzene rings is 1. The van der Waals surface area contributed by atoms with Crippen molar-refractivity contribution in [2.75, 3.05) is 5.32 Å². The van der Waals surface area contributed by atoms with E-state index in [-0.39, 0.29) is 5.41 Å². The van der Waals surface area contributed by atoms with Crippen LogP contribution >= 0.6 is 11.6 Å².